The Bertz CT molecular complexity index is 409. The van der Waals surface area contributed by atoms with E-state index < -0.39 is 0 Å². The molecule has 0 amide bonds. The van der Waals surface area contributed by atoms with Crippen LogP contribution < -0.4 is 0 Å². The first kappa shape index (κ1) is 14.5. The molecule has 19 heavy (non-hydrogen) atoms. The van der Waals surface area contributed by atoms with Gasteiger partial charge in [0, 0.05) is 16.6 Å². The summed E-state index contributed by atoms with van der Waals surface area (Å²) in [6, 6.07) is 7.80. The maximum Gasteiger partial charge on any atom is 0.176 e. The van der Waals surface area contributed by atoms with Crippen LogP contribution in [0.15, 0.2) is 24.3 Å². The van der Waals surface area contributed by atoms with Gasteiger partial charge in [0.2, 0.25) is 0 Å². The fraction of sp³-hybridized carbons (Fsp3) is 0.562. The third-order valence-electron chi connectivity index (χ3n) is 4.01. The second kappa shape index (κ2) is 7.06. The van der Waals surface area contributed by atoms with E-state index in [1.165, 1.54) is 32.1 Å². The number of nitrogens with zero attached hydrogens (tertiary/aromatic N) is 1. The predicted octanol–water partition coefficient (Wildman–Crippen LogP) is 4.18. The molecule has 1 aromatic carbocycles. The number of ketones is 1. The van der Waals surface area contributed by atoms with Crippen molar-refractivity contribution in [2.24, 2.45) is 0 Å². The normalized spacial score (nSPS) is 16.8. The number of hydrogen-bond donors (Lipinski definition) is 0. The first-order chi connectivity index (χ1) is 9.20. The summed E-state index contributed by atoms with van der Waals surface area (Å²) in [5.41, 5.74) is 0.763. The van der Waals surface area contributed by atoms with Gasteiger partial charge in [0.15, 0.2) is 5.78 Å². The summed E-state index contributed by atoms with van der Waals surface area (Å²) in [6.07, 6.45) is 6.43. The maximum atomic E-state index is 12.3. The molecule has 0 bridgehead atoms. The second-order valence-electron chi connectivity index (χ2n) is 5.29. The molecule has 1 aliphatic carbocycles. The van der Waals surface area contributed by atoms with Crippen molar-refractivity contribution in [2.75, 3.05) is 13.1 Å². The molecule has 0 radical (unpaired) electrons. The zero-order valence-electron chi connectivity index (χ0n) is 11.6. The molecule has 0 aromatic heterocycles. The number of benzene rings is 1. The largest absolute Gasteiger partial charge is 0.293 e. The van der Waals surface area contributed by atoms with Crippen LogP contribution in [-0.4, -0.2) is 29.8 Å². The van der Waals surface area contributed by atoms with Gasteiger partial charge in [0.25, 0.3) is 0 Å². The molecule has 0 heterocycles. The first-order valence-electron chi connectivity index (χ1n) is 7.23. The highest BCUT2D eigenvalue weighted by Gasteiger charge is 2.22. The van der Waals surface area contributed by atoms with Crippen LogP contribution in [-0.2, 0) is 0 Å². The molecule has 0 aliphatic heterocycles. The van der Waals surface area contributed by atoms with E-state index in [0.29, 0.717) is 17.6 Å². The highest BCUT2D eigenvalue weighted by molar-refractivity contribution is 6.30. The lowest BCUT2D eigenvalue weighted by Crippen LogP contribution is -2.40. The Morgan fingerprint density at radius 1 is 1.21 bits per heavy atom. The van der Waals surface area contributed by atoms with Gasteiger partial charge in [-0.2, -0.15) is 0 Å². The monoisotopic (exact) mass is 279 g/mol. The van der Waals surface area contributed by atoms with Gasteiger partial charge in [-0.15, -0.1) is 0 Å². The van der Waals surface area contributed by atoms with Gasteiger partial charge in [-0.1, -0.05) is 37.8 Å². The fourth-order valence-corrected chi connectivity index (χ4v) is 2.98. The van der Waals surface area contributed by atoms with Crippen LogP contribution in [0.3, 0.4) is 0 Å². The van der Waals surface area contributed by atoms with Gasteiger partial charge < -0.3 is 0 Å². The number of Topliss-reactive ketones (excluding diaryl/α,β-unsaturated/α-hetero) is 1. The molecule has 0 saturated heterocycles. The zero-order chi connectivity index (χ0) is 13.7. The summed E-state index contributed by atoms with van der Waals surface area (Å²) in [7, 11) is 0. The van der Waals surface area contributed by atoms with E-state index in [9.17, 15) is 4.79 Å². The lowest BCUT2D eigenvalue weighted by atomic mass is 9.94. The molecular weight excluding hydrogens is 258 g/mol. The quantitative estimate of drug-likeness (QED) is 0.754. The van der Waals surface area contributed by atoms with Gasteiger partial charge in [-0.3, -0.25) is 9.69 Å². The summed E-state index contributed by atoms with van der Waals surface area (Å²) in [5, 5.41) is 0.677. The third-order valence-corrected chi connectivity index (χ3v) is 4.26. The van der Waals surface area contributed by atoms with Crippen LogP contribution in [0, 0.1) is 0 Å². The number of carbonyl (C=O) groups is 1. The number of halogens is 1. The molecule has 0 N–H and O–H groups in total. The number of hydrogen-bond acceptors (Lipinski definition) is 2. The molecule has 0 unspecified atom stereocenters. The predicted molar refractivity (Wildman–Crippen MR) is 79.9 cm³/mol. The van der Waals surface area contributed by atoms with Gasteiger partial charge in [-0.05, 0) is 43.7 Å². The van der Waals surface area contributed by atoms with E-state index in [4.69, 9.17) is 11.6 Å². The molecule has 1 fully saturated rings. The summed E-state index contributed by atoms with van der Waals surface area (Å²) in [5.74, 6) is 0.198. The molecular formula is C16H22ClNO. The van der Waals surface area contributed by atoms with Crippen molar-refractivity contribution in [3.63, 3.8) is 0 Å². The van der Waals surface area contributed by atoms with Gasteiger partial charge in [0.1, 0.15) is 0 Å². The Hall–Kier alpha value is -0.860. The number of carbonyl (C=O) groups excluding carboxylic acids is 1. The van der Waals surface area contributed by atoms with Crippen molar-refractivity contribution in [1.29, 1.82) is 0 Å². The van der Waals surface area contributed by atoms with Crippen molar-refractivity contribution in [1.82, 2.24) is 4.90 Å². The molecule has 104 valence electrons. The van der Waals surface area contributed by atoms with Gasteiger partial charge in [-0.25, -0.2) is 0 Å². The van der Waals surface area contributed by atoms with Crippen LogP contribution in [0.5, 0.6) is 0 Å². The Morgan fingerprint density at radius 2 is 1.84 bits per heavy atom. The molecule has 2 nitrogen and oxygen atoms in total. The average Bonchev–Trinajstić information content (AvgIpc) is 2.46. The van der Waals surface area contributed by atoms with E-state index in [-0.39, 0.29) is 5.78 Å². The lowest BCUT2D eigenvalue weighted by Gasteiger charge is -2.33. The van der Waals surface area contributed by atoms with Gasteiger partial charge in [0.05, 0.1) is 6.54 Å². The van der Waals surface area contributed by atoms with Crippen LogP contribution in [0.1, 0.15) is 49.4 Å². The van der Waals surface area contributed by atoms with Crippen molar-refractivity contribution in [3.05, 3.63) is 34.9 Å². The minimum Gasteiger partial charge on any atom is -0.293 e. The SMILES string of the molecule is CCN(CC(=O)c1ccc(Cl)cc1)C1CCCCC1. The smallest absolute Gasteiger partial charge is 0.176 e. The highest BCUT2D eigenvalue weighted by atomic mass is 35.5. The Balaban J connectivity index is 1.97. The van der Waals surface area contributed by atoms with Crippen molar-refractivity contribution >= 4 is 17.4 Å². The zero-order valence-corrected chi connectivity index (χ0v) is 12.3. The third kappa shape index (κ3) is 4.05. The van der Waals surface area contributed by atoms with E-state index in [1.807, 2.05) is 12.1 Å². The van der Waals surface area contributed by atoms with Crippen LogP contribution in [0.25, 0.3) is 0 Å². The standard InChI is InChI=1S/C16H22ClNO/c1-2-18(15-6-4-3-5-7-15)12-16(19)13-8-10-14(17)11-9-13/h8-11,15H,2-7,12H2,1H3. The van der Waals surface area contributed by atoms with Crippen molar-refractivity contribution in [2.45, 2.75) is 45.1 Å². The molecule has 0 spiro atoms. The Morgan fingerprint density at radius 3 is 2.42 bits per heavy atom. The molecule has 3 heteroatoms. The second-order valence-corrected chi connectivity index (χ2v) is 5.72. The summed E-state index contributed by atoms with van der Waals surface area (Å²) < 4.78 is 0. The maximum absolute atomic E-state index is 12.3. The lowest BCUT2D eigenvalue weighted by molar-refractivity contribution is 0.0868. The molecule has 2 rings (SSSR count). The number of rotatable bonds is 5. The average molecular weight is 280 g/mol. The van der Waals surface area contributed by atoms with Crippen LogP contribution in [0.2, 0.25) is 5.02 Å². The summed E-state index contributed by atoms with van der Waals surface area (Å²) in [4.78, 5) is 14.6. The highest BCUT2D eigenvalue weighted by Crippen LogP contribution is 2.22. The van der Waals surface area contributed by atoms with E-state index in [2.05, 4.69) is 11.8 Å². The van der Waals surface area contributed by atoms with Crippen molar-refractivity contribution < 1.29 is 4.79 Å². The minimum atomic E-state index is 0.198. The molecule has 0 atom stereocenters. The van der Waals surface area contributed by atoms with Crippen LogP contribution >= 0.6 is 11.6 Å². The van der Waals surface area contributed by atoms with E-state index in [1.54, 1.807) is 12.1 Å². The Labute approximate surface area is 120 Å². The molecule has 1 aromatic rings. The van der Waals surface area contributed by atoms with Gasteiger partial charge >= 0.3 is 0 Å². The van der Waals surface area contributed by atoms with Crippen molar-refractivity contribution in [3.8, 4) is 0 Å². The van der Waals surface area contributed by atoms with E-state index in [0.717, 1.165) is 12.1 Å². The Kier molecular flexibility index (Phi) is 5.41. The topological polar surface area (TPSA) is 20.3 Å². The molecule has 1 aliphatic rings. The fourth-order valence-electron chi connectivity index (χ4n) is 2.86. The summed E-state index contributed by atoms with van der Waals surface area (Å²) in [6.45, 7) is 3.62. The molecule has 1 saturated carbocycles. The first-order valence-corrected chi connectivity index (χ1v) is 7.61. The number of likely N-dealkylation sites (N-methyl/N-ethyl adjacent to an activating group) is 1. The minimum absolute atomic E-state index is 0.198. The van der Waals surface area contributed by atoms with E-state index >= 15 is 0 Å². The summed E-state index contributed by atoms with van der Waals surface area (Å²) >= 11 is 5.85. The van der Waals surface area contributed by atoms with Crippen LogP contribution in [0.4, 0.5) is 0 Å².